The topological polar surface area (TPSA) is 46.5 Å². The van der Waals surface area contributed by atoms with Gasteiger partial charge in [-0.05, 0) is 52.5 Å². The smallest absolute Gasteiger partial charge is 0.306 e. The fourth-order valence-electron chi connectivity index (χ4n) is 3.99. The molecule has 3 nitrogen and oxygen atoms in total. The van der Waals surface area contributed by atoms with Gasteiger partial charge in [0.2, 0.25) is 0 Å². The van der Waals surface area contributed by atoms with Crippen LogP contribution in [0.2, 0.25) is 0 Å². The average Bonchev–Trinajstić information content (AvgIpc) is 2.63. The molecule has 0 unspecified atom stereocenters. The zero-order valence-electron chi connectivity index (χ0n) is 20.7. The molecule has 0 radical (unpaired) electrons. The fraction of sp³-hybridized carbons (Fsp3) is 0.741. The van der Waals surface area contributed by atoms with Crippen molar-refractivity contribution >= 4 is 5.97 Å². The van der Waals surface area contributed by atoms with E-state index in [4.69, 9.17) is 4.74 Å². The summed E-state index contributed by atoms with van der Waals surface area (Å²) in [7, 11) is 0. The van der Waals surface area contributed by atoms with Gasteiger partial charge < -0.3 is 9.84 Å². The first-order valence-electron chi connectivity index (χ1n) is 12.0. The van der Waals surface area contributed by atoms with Crippen LogP contribution in [-0.4, -0.2) is 17.7 Å². The lowest BCUT2D eigenvalue weighted by Crippen LogP contribution is -2.22. The minimum absolute atomic E-state index is 0.102. The van der Waals surface area contributed by atoms with Crippen molar-refractivity contribution in [2.24, 2.45) is 0 Å². The quantitative estimate of drug-likeness (QED) is 0.281. The van der Waals surface area contributed by atoms with E-state index in [0.29, 0.717) is 25.2 Å². The lowest BCUT2D eigenvalue weighted by atomic mass is 9.75. The first kappa shape index (κ1) is 26.5. The largest absolute Gasteiger partial charge is 0.508 e. The SMILES string of the molecule is CCCCCCCCCCOC(=O)CCc1c(C(C)(C)C)cc(O)cc1C(C)(C)C. The number of carbonyl (C=O) groups excluding carboxylic acids is 1. The Labute approximate surface area is 185 Å². The predicted molar refractivity (Wildman–Crippen MR) is 127 cm³/mol. The standard InChI is InChI=1S/C27H46O3/c1-8-9-10-11-12-13-14-15-18-30-25(29)17-16-22-23(26(2,3)4)19-21(28)20-24(22)27(5,6)7/h19-20,28H,8-18H2,1-7H3. The van der Waals surface area contributed by atoms with E-state index in [9.17, 15) is 9.90 Å². The van der Waals surface area contributed by atoms with Crippen LogP contribution in [0, 0.1) is 0 Å². The molecule has 0 aliphatic rings. The first-order valence-corrected chi connectivity index (χ1v) is 12.0. The van der Waals surface area contributed by atoms with E-state index in [2.05, 4.69) is 48.5 Å². The Morgan fingerprint density at radius 2 is 1.30 bits per heavy atom. The zero-order valence-corrected chi connectivity index (χ0v) is 20.7. The van der Waals surface area contributed by atoms with Gasteiger partial charge in [0.1, 0.15) is 5.75 Å². The van der Waals surface area contributed by atoms with Crippen molar-refractivity contribution in [1.29, 1.82) is 0 Å². The van der Waals surface area contributed by atoms with E-state index in [1.54, 1.807) is 0 Å². The second-order valence-corrected chi connectivity index (χ2v) is 10.7. The minimum atomic E-state index is -0.120. The van der Waals surface area contributed by atoms with Crippen LogP contribution in [0.5, 0.6) is 5.75 Å². The minimum Gasteiger partial charge on any atom is -0.508 e. The molecule has 0 saturated heterocycles. The Balaban J connectivity index is 2.58. The molecule has 0 fully saturated rings. The molecule has 1 aromatic carbocycles. The lowest BCUT2D eigenvalue weighted by molar-refractivity contribution is -0.143. The van der Waals surface area contributed by atoms with Crippen LogP contribution in [0.1, 0.15) is 123 Å². The van der Waals surface area contributed by atoms with Crippen LogP contribution < -0.4 is 0 Å². The molecular formula is C27H46O3. The number of aromatic hydroxyl groups is 1. The number of hydrogen-bond donors (Lipinski definition) is 1. The molecule has 0 spiro atoms. The van der Waals surface area contributed by atoms with E-state index in [1.165, 1.54) is 44.1 Å². The maximum absolute atomic E-state index is 12.3. The number of carbonyl (C=O) groups is 1. The molecule has 1 aromatic rings. The highest BCUT2D eigenvalue weighted by Gasteiger charge is 2.26. The summed E-state index contributed by atoms with van der Waals surface area (Å²) in [6.07, 6.45) is 10.9. The summed E-state index contributed by atoms with van der Waals surface area (Å²) in [5.74, 6) is 0.177. The molecule has 0 saturated carbocycles. The molecule has 172 valence electrons. The number of rotatable bonds is 12. The highest BCUT2D eigenvalue weighted by atomic mass is 16.5. The molecule has 1 rings (SSSR count). The van der Waals surface area contributed by atoms with Crippen molar-refractivity contribution in [3.63, 3.8) is 0 Å². The van der Waals surface area contributed by atoms with E-state index in [0.717, 1.165) is 24.0 Å². The number of hydrogen-bond acceptors (Lipinski definition) is 3. The number of unbranched alkanes of at least 4 members (excludes halogenated alkanes) is 7. The van der Waals surface area contributed by atoms with Crippen molar-refractivity contribution in [3.8, 4) is 5.75 Å². The summed E-state index contributed by atoms with van der Waals surface area (Å²) in [6, 6.07) is 3.72. The summed E-state index contributed by atoms with van der Waals surface area (Å²) < 4.78 is 5.50. The molecule has 0 aromatic heterocycles. The molecule has 0 bridgehead atoms. The summed E-state index contributed by atoms with van der Waals surface area (Å²) in [6.45, 7) is 15.7. The van der Waals surface area contributed by atoms with E-state index < -0.39 is 0 Å². The molecule has 0 heterocycles. The van der Waals surface area contributed by atoms with Crippen LogP contribution >= 0.6 is 0 Å². The summed E-state index contributed by atoms with van der Waals surface area (Å²) in [5, 5.41) is 10.3. The normalized spacial score (nSPS) is 12.2. The van der Waals surface area contributed by atoms with Gasteiger partial charge in [-0.3, -0.25) is 4.79 Å². The third-order valence-electron chi connectivity index (χ3n) is 5.69. The van der Waals surface area contributed by atoms with Gasteiger partial charge in [-0.2, -0.15) is 0 Å². The van der Waals surface area contributed by atoms with Gasteiger partial charge in [0.05, 0.1) is 6.61 Å². The molecule has 3 heteroatoms. The lowest BCUT2D eigenvalue weighted by Gasteiger charge is -2.30. The van der Waals surface area contributed by atoms with Gasteiger partial charge >= 0.3 is 5.97 Å². The first-order chi connectivity index (χ1) is 14.0. The highest BCUT2D eigenvalue weighted by molar-refractivity contribution is 5.70. The molecule has 1 N–H and O–H groups in total. The highest BCUT2D eigenvalue weighted by Crippen LogP contribution is 2.37. The third kappa shape index (κ3) is 9.53. The van der Waals surface area contributed by atoms with E-state index >= 15 is 0 Å². The van der Waals surface area contributed by atoms with Crippen LogP contribution in [-0.2, 0) is 26.8 Å². The molecule has 0 atom stereocenters. The summed E-state index contributed by atoms with van der Waals surface area (Å²) in [5.41, 5.74) is 3.20. The number of ether oxygens (including phenoxy) is 1. The van der Waals surface area contributed by atoms with Gasteiger partial charge in [-0.25, -0.2) is 0 Å². The predicted octanol–water partition coefficient (Wildman–Crippen LogP) is 7.60. The van der Waals surface area contributed by atoms with Crippen LogP contribution in [0.3, 0.4) is 0 Å². The van der Waals surface area contributed by atoms with Crippen molar-refractivity contribution < 1.29 is 14.6 Å². The Morgan fingerprint density at radius 3 is 1.77 bits per heavy atom. The van der Waals surface area contributed by atoms with Gasteiger partial charge in [0, 0.05) is 6.42 Å². The van der Waals surface area contributed by atoms with Crippen LogP contribution in [0.4, 0.5) is 0 Å². The van der Waals surface area contributed by atoms with Crippen molar-refractivity contribution in [1.82, 2.24) is 0 Å². The molecule has 0 aliphatic carbocycles. The molecule has 0 amide bonds. The third-order valence-corrected chi connectivity index (χ3v) is 5.69. The molecular weight excluding hydrogens is 372 g/mol. The second kappa shape index (κ2) is 12.4. The van der Waals surface area contributed by atoms with Crippen LogP contribution in [0.15, 0.2) is 12.1 Å². The van der Waals surface area contributed by atoms with Gasteiger partial charge in [0.25, 0.3) is 0 Å². The molecule has 30 heavy (non-hydrogen) atoms. The van der Waals surface area contributed by atoms with Crippen LogP contribution in [0.25, 0.3) is 0 Å². The van der Waals surface area contributed by atoms with E-state index in [-0.39, 0.29) is 16.8 Å². The summed E-state index contributed by atoms with van der Waals surface area (Å²) in [4.78, 5) is 12.3. The Hall–Kier alpha value is -1.51. The van der Waals surface area contributed by atoms with E-state index in [1.807, 2.05) is 12.1 Å². The number of phenolic OH excluding ortho intramolecular Hbond substituents is 1. The van der Waals surface area contributed by atoms with Gasteiger partial charge in [0.15, 0.2) is 0 Å². The molecule has 0 aliphatic heterocycles. The maximum Gasteiger partial charge on any atom is 0.306 e. The summed E-state index contributed by atoms with van der Waals surface area (Å²) >= 11 is 0. The number of esters is 1. The van der Waals surface area contributed by atoms with Crippen molar-refractivity contribution in [3.05, 3.63) is 28.8 Å². The van der Waals surface area contributed by atoms with Gasteiger partial charge in [-0.1, -0.05) is 93.4 Å². The van der Waals surface area contributed by atoms with Gasteiger partial charge in [-0.15, -0.1) is 0 Å². The monoisotopic (exact) mass is 418 g/mol. The zero-order chi connectivity index (χ0) is 22.8. The van der Waals surface area contributed by atoms with Crippen molar-refractivity contribution in [2.75, 3.05) is 6.61 Å². The average molecular weight is 419 g/mol. The second-order valence-electron chi connectivity index (χ2n) is 10.7. The maximum atomic E-state index is 12.3. The fourth-order valence-corrected chi connectivity index (χ4v) is 3.99. The Morgan fingerprint density at radius 1 is 0.833 bits per heavy atom. The number of benzene rings is 1. The Kier molecular flexibility index (Phi) is 10.9. The Bertz CT molecular complexity index is 612. The van der Waals surface area contributed by atoms with Crippen molar-refractivity contribution in [2.45, 2.75) is 124 Å². The number of phenols is 1.